The van der Waals surface area contributed by atoms with Gasteiger partial charge in [0.25, 0.3) is 0 Å². The molecular formula is C13H20ClN3S. The first-order valence-electron chi connectivity index (χ1n) is 6.58. The van der Waals surface area contributed by atoms with E-state index in [0.29, 0.717) is 5.15 Å². The standard InChI is InChI=1S/C13H20ClN3S/c1-3-5-11-15-12(14)10(2)13(16-11)17-6-4-8-18-9-7-17/h3-9H2,1-2H3. The van der Waals surface area contributed by atoms with Crippen molar-refractivity contribution in [2.45, 2.75) is 33.1 Å². The zero-order valence-electron chi connectivity index (χ0n) is 11.1. The minimum absolute atomic E-state index is 0.611. The van der Waals surface area contributed by atoms with Gasteiger partial charge in [-0.3, -0.25) is 0 Å². The Morgan fingerprint density at radius 1 is 1.28 bits per heavy atom. The number of anilines is 1. The van der Waals surface area contributed by atoms with E-state index in [1.165, 1.54) is 17.9 Å². The van der Waals surface area contributed by atoms with Gasteiger partial charge in [0.05, 0.1) is 0 Å². The molecule has 18 heavy (non-hydrogen) atoms. The lowest BCUT2D eigenvalue weighted by molar-refractivity contribution is 0.769. The monoisotopic (exact) mass is 285 g/mol. The molecule has 1 aromatic heterocycles. The Labute approximate surface area is 118 Å². The van der Waals surface area contributed by atoms with Gasteiger partial charge < -0.3 is 4.90 Å². The topological polar surface area (TPSA) is 29.0 Å². The van der Waals surface area contributed by atoms with Gasteiger partial charge in [0.1, 0.15) is 16.8 Å². The first-order chi connectivity index (χ1) is 8.72. The summed E-state index contributed by atoms with van der Waals surface area (Å²) in [5.74, 6) is 4.33. The molecular weight excluding hydrogens is 266 g/mol. The Morgan fingerprint density at radius 2 is 2.11 bits per heavy atom. The van der Waals surface area contributed by atoms with E-state index in [1.807, 2.05) is 18.7 Å². The molecule has 5 heteroatoms. The second-order valence-electron chi connectivity index (χ2n) is 4.58. The summed E-state index contributed by atoms with van der Waals surface area (Å²) in [6, 6.07) is 0. The van der Waals surface area contributed by atoms with E-state index in [9.17, 15) is 0 Å². The van der Waals surface area contributed by atoms with Crippen LogP contribution in [0, 0.1) is 6.92 Å². The SMILES string of the molecule is CCCc1nc(Cl)c(C)c(N2CCCSCC2)n1. The fourth-order valence-electron chi connectivity index (χ4n) is 2.12. The van der Waals surface area contributed by atoms with E-state index in [2.05, 4.69) is 16.8 Å². The summed E-state index contributed by atoms with van der Waals surface area (Å²) in [7, 11) is 0. The average Bonchev–Trinajstić information content (AvgIpc) is 2.62. The Balaban J connectivity index is 2.28. The van der Waals surface area contributed by atoms with Crippen molar-refractivity contribution in [2.75, 3.05) is 29.5 Å². The van der Waals surface area contributed by atoms with Crippen molar-refractivity contribution in [2.24, 2.45) is 0 Å². The first kappa shape index (κ1) is 13.9. The maximum Gasteiger partial charge on any atom is 0.137 e. The number of thioether (sulfide) groups is 1. The molecule has 0 radical (unpaired) electrons. The minimum Gasteiger partial charge on any atom is -0.355 e. The van der Waals surface area contributed by atoms with Crippen molar-refractivity contribution in [1.29, 1.82) is 0 Å². The lowest BCUT2D eigenvalue weighted by Crippen LogP contribution is -2.28. The molecule has 2 rings (SSSR count). The fraction of sp³-hybridized carbons (Fsp3) is 0.692. The van der Waals surface area contributed by atoms with E-state index in [-0.39, 0.29) is 0 Å². The summed E-state index contributed by atoms with van der Waals surface area (Å²) < 4.78 is 0. The van der Waals surface area contributed by atoms with Crippen LogP contribution < -0.4 is 4.90 Å². The molecule has 0 aromatic carbocycles. The predicted molar refractivity (Wildman–Crippen MR) is 79.9 cm³/mol. The summed E-state index contributed by atoms with van der Waals surface area (Å²) in [5, 5.41) is 0.611. The summed E-state index contributed by atoms with van der Waals surface area (Å²) in [5.41, 5.74) is 1.02. The molecule has 1 aromatic rings. The third kappa shape index (κ3) is 3.29. The van der Waals surface area contributed by atoms with Crippen LogP contribution in [0.4, 0.5) is 5.82 Å². The maximum atomic E-state index is 6.23. The Hall–Kier alpha value is -0.480. The Bertz CT molecular complexity index is 403. The predicted octanol–water partition coefficient (Wildman–Crippen LogP) is 3.33. The summed E-state index contributed by atoms with van der Waals surface area (Å²) in [4.78, 5) is 11.4. The van der Waals surface area contributed by atoms with E-state index < -0.39 is 0 Å². The van der Waals surface area contributed by atoms with E-state index in [1.54, 1.807) is 0 Å². The second-order valence-corrected chi connectivity index (χ2v) is 6.16. The minimum atomic E-state index is 0.611. The van der Waals surface area contributed by atoms with Crippen molar-refractivity contribution in [3.8, 4) is 0 Å². The van der Waals surface area contributed by atoms with E-state index in [0.717, 1.165) is 43.1 Å². The quantitative estimate of drug-likeness (QED) is 0.797. The maximum absolute atomic E-state index is 6.23. The highest BCUT2D eigenvalue weighted by molar-refractivity contribution is 7.99. The molecule has 0 bridgehead atoms. The van der Waals surface area contributed by atoms with Crippen molar-refractivity contribution < 1.29 is 0 Å². The molecule has 1 fully saturated rings. The van der Waals surface area contributed by atoms with Crippen LogP contribution in [0.15, 0.2) is 0 Å². The lowest BCUT2D eigenvalue weighted by Gasteiger charge is -2.23. The number of aryl methyl sites for hydroxylation is 1. The van der Waals surface area contributed by atoms with Gasteiger partial charge in [-0.25, -0.2) is 9.97 Å². The number of halogens is 1. The Kier molecular flexibility index (Phi) is 5.13. The van der Waals surface area contributed by atoms with Gasteiger partial charge in [0, 0.05) is 30.8 Å². The van der Waals surface area contributed by atoms with E-state index in [4.69, 9.17) is 16.6 Å². The van der Waals surface area contributed by atoms with Crippen LogP contribution in [-0.4, -0.2) is 34.6 Å². The molecule has 1 saturated heterocycles. The third-order valence-corrected chi connectivity index (χ3v) is 4.52. The number of hydrogen-bond acceptors (Lipinski definition) is 4. The number of rotatable bonds is 3. The molecule has 0 aliphatic carbocycles. The highest BCUT2D eigenvalue weighted by Crippen LogP contribution is 2.25. The number of hydrogen-bond donors (Lipinski definition) is 0. The van der Waals surface area contributed by atoms with E-state index >= 15 is 0 Å². The van der Waals surface area contributed by atoms with Crippen LogP contribution >= 0.6 is 23.4 Å². The van der Waals surface area contributed by atoms with Crippen LogP contribution in [0.1, 0.15) is 31.2 Å². The molecule has 0 unspecified atom stereocenters. The molecule has 0 saturated carbocycles. The zero-order chi connectivity index (χ0) is 13.0. The van der Waals surface area contributed by atoms with Crippen molar-refractivity contribution in [3.05, 3.63) is 16.5 Å². The molecule has 0 N–H and O–H groups in total. The molecule has 100 valence electrons. The third-order valence-electron chi connectivity index (χ3n) is 3.10. The smallest absolute Gasteiger partial charge is 0.137 e. The summed E-state index contributed by atoms with van der Waals surface area (Å²) >= 11 is 8.25. The van der Waals surface area contributed by atoms with Crippen LogP contribution in [-0.2, 0) is 6.42 Å². The van der Waals surface area contributed by atoms with Gasteiger partial charge >= 0.3 is 0 Å². The van der Waals surface area contributed by atoms with Crippen LogP contribution in [0.5, 0.6) is 0 Å². The summed E-state index contributed by atoms with van der Waals surface area (Å²) in [6.07, 6.45) is 3.17. The molecule has 2 heterocycles. The van der Waals surface area contributed by atoms with Crippen molar-refractivity contribution in [3.63, 3.8) is 0 Å². The fourth-order valence-corrected chi connectivity index (χ4v) is 3.19. The normalized spacial score (nSPS) is 16.7. The van der Waals surface area contributed by atoms with Gasteiger partial charge in [0.2, 0.25) is 0 Å². The second kappa shape index (κ2) is 6.62. The molecule has 3 nitrogen and oxygen atoms in total. The number of nitrogens with zero attached hydrogens (tertiary/aromatic N) is 3. The summed E-state index contributed by atoms with van der Waals surface area (Å²) in [6.45, 7) is 6.29. The average molecular weight is 286 g/mol. The van der Waals surface area contributed by atoms with Crippen LogP contribution in [0.25, 0.3) is 0 Å². The highest BCUT2D eigenvalue weighted by atomic mass is 35.5. The van der Waals surface area contributed by atoms with Crippen LogP contribution in [0.2, 0.25) is 5.15 Å². The first-order valence-corrected chi connectivity index (χ1v) is 8.11. The lowest BCUT2D eigenvalue weighted by atomic mass is 10.2. The molecule has 1 aliphatic rings. The van der Waals surface area contributed by atoms with Crippen molar-refractivity contribution >= 4 is 29.2 Å². The largest absolute Gasteiger partial charge is 0.355 e. The van der Waals surface area contributed by atoms with Gasteiger partial charge in [-0.05, 0) is 25.5 Å². The van der Waals surface area contributed by atoms with Gasteiger partial charge in [-0.15, -0.1) is 0 Å². The van der Waals surface area contributed by atoms with Gasteiger partial charge in [0.15, 0.2) is 0 Å². The molecule has 0 atom stereocenters. The molecule has 0 amide bonds. The molecule has 1 aliphatic heterocycles. The van der Waals surface area contributed by atoms with Gasteiger partial charge in [-0.2, -0.15) is 11.8 Å². The highest BCUT2D eigenvalue weighted by Gasteiger charge is 2.17. The Morgan fingerprint density at radius 3 is 2.89 bits per heavy atom. The molecule has 0 spiro atoms. The number of aromatic nitrogens is 2. The van der Waals surface area contributed by atoms with Gasteiger partial charge in [-0.1, -0.05) is 18.5 Å². The van der Waals surface area contributed by atoms with Crippen molar-refractivity contribution in [1.82, 2.24) is 9.97 Å². The zero-order valence-corrected chi connectivity index (χ0v) is 12.7. The van der Waals surface area contributed by atoms with Crippen LogP contribution in [0.3, 0.4) is 0 Å².